The smallest absolute Gasteiger partial charge is 0.322 e. The van der Waals surface area contributed by atoms with Crippen molar-refractivity contribution >= 4 is 59.3 Å². The minimum atomic E-state index is -1.28. The predicted octanol–water partition coefficient (Wildman–Crippen LogP) is 24.6. The number of aliphatic carboxylic acids is 3. The first-order valence-corrected chi connectivity index (χ1v) is 54.1. The standard InChI is InChI=1S/C14H27N3O4.C9H17NO3.3C9H19NO.C9H21N.C8H19N.C8H18O2.C8H16O2.3C7H17N.C7H14O2.C7H16/c1-9(15)5-6-11(18)17-10(7-14(2,3)4)13(21)16-8-12(19)20;1-6(9(2,3)4)8(13)10-5-7(11)12;2*1-7(10-8(2)11)6-9(3,4)5;1-5-10-8(11)6-7-9(2,3)4;1-7(10)9(5,6)8(2,3)4;1-7(9)5-6-8(2,3)4;1-5-6(9)7(10)8(2,3)4;1-5-6(7(9)10)8(2,3)4;3*1-6(8)5-7(2,3)4;1-7(2,3)5-6(8)9-4;1-5-6-7(2,3)4/h9-10H,5-8,15H2,1-4H3,(H,16,21)(H,17,18)(H,19,20);6H,5H2,1-4H3,(H,10,13)(H,11,12);2*7H,6H2,1-5H3,(H,10,11);5-7H2,1-4H3,(H,10,11);7H,10H2,1-6H3;7H,5-6,9H2,1-4H3;6-7,9-10H,5H2,1-4H3;6H,5H2,1-4H3,(H,9,10);3*6H,5,8H2,1-4H3;5H2,1-4H3;5-6H2,1-4H3/i;;;;;;;;;5D2;;;;. The zero-order valence-electron chi connectivity index (χ0n) is 109. The van der Waals surface area contributed by atoms with Gasteiger partial charge in [0, 0.05) is 90.2 Å². The van der Waals surface area contributed by atoms with Crippen LogP contribution < -0.4 is 66.3 Å². The lowest BCUT2D eigenvalue weighted by atomic mass is 9.66. The van der Waals surface area contributed by atoms with Gasteiger partial charge in [0.25, 0.3) is 0 Å². The lowest BCUT2D eigenvalue weighted by molar-refractivity contribution is -0.146. The number of carbonyl (C=O) groups excluding carboxylic acids is 7. The van der Waals surface area contributed by atoms with Crippen LogP contribution in [0.15, 0.2) is 0 Å². The molecule has 23 N–H and O–H groups in total. The van der Waals surface area contributed by atoms with Crippen LogP contribution in [-0.2, 0) is 52.7 Å². The summed E-state index contributed by atoms with van der Waals surface area (Å²) in [5.41, 5.74) is 35.9. The van der Waals surface area contributed by atoms with Crippen LogP contribution in [0.2, 0.25) is 0 Å². The van der Waals surface area contributed by atoms with Gasteiger partial charge in [-0.1, -0.05) is 339 Å². The molecule has 0 bridgehead atoms. The molecule has 13 atom stereocenters. The fourth-order valence-electron chi connectivity index (χ4n) is 13.0. The Kier molecular flexibility index (Phi) is 93.0. The molecule has 146 heavy (non-hydrogen) atoms. The number of nitrogens with one attached hydrogen (secondary N) is 6. The van der Waals surface area contributed by atoms with Crippen LogP contribution in [0, 0.1) is 93.1 Å². The topological polar surface area (TPSA) is 509 Å². The number of carbonyl (C=O) groups is 10. The fraction of sp³-hybridized carbons (Fsp3) is 0.915. The molecular formula is C118H256N12O16. The minimum absolute atomic E-state index is 0.0487. The number of carboxylic acid groups (broad SMARTS) is 3. The van der Waals surface area contributed by atoms with Gasteiger partial charge in [0.05, 0.1) is 31.7 Å². The number of hydrogen-bond acceptors (Lipinski definition) is 19. The second kappa shape index (κ2) is 82.0. The van der Waals surface area contributed by atoms with E-state index in [1.54, 1.807) is 34.6 Å². The predicted molar refractivity (Wildman–Crippen MR) is 626 cm³/mol. The molecule has 884 valence electrons. The lowest BCUT2D eigenvalue weighted by Crippen LogP contribution is -2.49. The van der Waals surface area contributed by atoms with E-state index in [0.717, 1.165) is 45.1 Å². The number of esters is 1. The van der Waals surface area contributed by atoms with E-state index in [-0.39, 0.29) is 128 Å². The molecule has 0 aliphatic carbocycles. The van der Waals surface area contributed by atoms with Crippen molar-refractivity contribution in [3.63, 3.8) is 0 Å². The Hall–Kier alpha value is -5.62. The average molecular weight is 2100 g/mol. The van der Waals surface area contributed by atoms with Crippen LogP contribution in [0.3, 0.4) is 0 Å². The summed E-state index contributed by atoms with van der Waals surface area (Å²) < 4.78 is 19.6. The molecule has 0 heterocycles. The minimum Gasteiger partial charge on any atom is -0.481 e. The summed E-state index contributed by atoms with van der Waals surface area (Å²) in [6, 6.07) is 0.636. The highest BCUT2D eigenvalue weighted by atomic mass is 16.5. The third-order valence-electron chi connectivity index (χ3n) is 21.3. The summed E-state index contributed by atoms with van der Waals surface area (Å²) in [6.45, 7) is 121. The number of carboxylic acids is 3. The SMILES string of the molecule is CC(=O)NC(C)CC(C)(C)C.CC(=O)NC(C)CC(C)(C)C.CC(C(=O)NCC(=O)O)C(C)(C)C.CC(N)C(C)(C)C(C)(C)C.CC(N)CC(C)(C)C.CC(N)CC(C)(C)C.CC(N)CCC(=O)NC(CC(C)(C)C)C(=O)NCC(=O)O.CC(N)CCC(C)(C)C.CCC(C(=O)O)C(C)(C)C.CCC(O)C(O)C(C)(C)C.CCCC(C)(C)C.CCNC(=O)CCC(C)(C)C.COC(=O)CC(C)(C)C.[2H]C([2H])(C(C)N)C(C)(C)C. The summed E-state index contributed by atoms with van der Waals surface area (Å²) in [4.78, 5) is 109. The number of methoxy groups -OCH3 is 1. The normalized spacial score (nSPS) is 14.9. The number of ether oxygens (including phenoxy) is 1. The van der Waals surface area contributed by atoms with Gasteiger partial charge in [-0.3, -0.25) is 47.9 Å². The zero-order valence-corrected chi connectivity index (χ0v) is 107. The van der Waals surface area contributed by atoms with Crippen LogP contribution in [0.25, 0.3) is 0 Å². The molecule has 0 spiro atoms. The van der Waals surface area contributed by atoms with Crippen LogP contribution in [-0.4, -0.2) is 178 Å². The van der Waals surface area contributed by atoms with Crippen molar-refractivity contribution in [2.75, 3.05) is 26.7 Å². The van der Waals surface area contributed by atoms with Crippen LogP contribution in [0.1, 0.15) is 520 Å². The maximum absolute atomic E-state index is 12.0. The molecule has 0 aliphatic heterocycles. The number of nitrogens with two attached hydrogens (primary N) is 6. The summed E-state index contributed by atoms with van der Waals surface area (Å²) >= 11 is 0. The Morgan fingerprint density at radius 2 is 0.692 bits per heavy atom. The van der Waals surface area contributed by atoms with Crippen LogP contribution >= 0.6 is 0 Å². The molecule has 0 aromatic heterocycles. The lowest BCUT2D eigenvalue weighted by Gasteiger charge is -2.42. The summed E-state index contributed by atoms with van der Waals surface area (Å²) in [7, 11) is 1.41. The maximum atomic E-state index is 12.0. The quantitative estimate of drug-likeness (QED) is 0.0297. The van der Waals surface area contributed by atoms with Crippen molar-refractivity contribution in [2.45, 2.75) is 584 Å². The Labute approximate surface area is 905 Å². The van der Waals surface area contributed by atoms with Gasteiger partial charge >= 0.3 is 23.9 Å². The first kappa shape index (κ1) is 165. The van der Waals surface area contributed by atoms with Crippen molar-refractivity contribution in [3.05, 3.63) is 0 Å². The molecule has 0 saturated heterocycles. The third-order valence-corrected chi connectivity index (χ3v) is 21.3. The first-order chi connectivity index (χ1) is 64.8. The number of rotatable bonds is 30. The van der Waals surface area contributed by atoms with Crippen molar-refractivity contribution in [1.82, 2.24) is 31.9 Å². The van der Waals surface area contributed by atoms with Gasteiger partial charge in [0.2, 0.25) is 35.4 Å². The van der Waals surface area contributed by atoms with Gasteiger partial charge in [0.15, 0.2) is 0 Å². The van der Waals surface area contributed by atoms with Gasteiger partial charge in [-0.2, -0.15) is 0 Å². The van der Waals surface area contributed by atoms with E-state index in [0.29, 0.717) is 94.6 Å². The van der Waals surface area contributed by atoms with Gasteiger partial charge in [-0.15, -0.1) is 0 Å². The highest BCUT2D eigenvalue weighted by Gasteiger charge is 2.37. The van der Waals surface area contributed by atoms with E-state index in [2.05, 4.69) is 237 Å². The molecule has 0 aliphatic rings. The highest BCUT2D eigenvalue weighted by Crippen LogP contribution is 2.40. The maximum Gasteiger partial charge on any atom is 0.322 e. The molecule has 28 heteroatoms. The Bertz CT molecular complexity index is 3310. The molecule has 6 amide bonds. The van der Waals surface area contributed by atoms with E-state index in [1.807, 2.05) is 173 Å². The van der Waals surface area contributed by atoms with Crippen molar-refractivity contribution in [2.24, 2.45) is 127 Å². The van der Waals surface area contributed by atoms with E-state index in [9.17, 15) is 58.2 Å². The average Bonchev–Trinajstić information content (AvgIpc) is 0.826. The summed E-state index contributed by atoms with van der Waals surface area (Å²) in [6.07, 6.45) is 11.4. The molecule has 0 aromatic carbocycles. The van der Waals surface area contributed by atoms with E-state index in [4.69, 9.17) is 52.5 Å². The van der Waals surface area contributed by atoms with Crippen molar-refractivity contribution in [3.8, 4) is 0 Å². The first-order valence-electron chi connectivity index (χ1n) is 55.1. The number of hydrogen-bond donors (Lipinski definition) is 17. The third kappa shape index (κ3) is 154. The van der Waals surface area contributed by atoms with Crippen molar-refractivity contribution < 1.29 is 81.0 Å². The monoisotopic (exact) mass is 2100 g/mol. The van der Waals surface area contributed by atoms with E-state index < -0.39 is 61.0 Å². The second-order valence-electron chi connectivity index (χ2n) is 57.0. The number of amides is 6. The van der Waals surface area contributed by atoms with Gasteiger partial charge in [-0.05, 0) is 227 Å². The van der Waals surface area contributed by atoms with Crippen LogP contribution in [0.5, 0.6) is 0 Å². The van der Waals surface area contributed by atoms with Crippen molar-refractivity contribution in [1.29, 1.82) is 0 Å². The van der Waals surface area contributed by atoms with Gasteiger partial charge in [0.1, 0.15) is 19.1 Å². The Balaban J connectivity index is -0.000000110. The fourth-order valence-corrected chi connectivity index (χ4v) is 13.0. The molecule has 0 radical (unpaired) electrons. The van der Waals surface area contributed by atoms with Gasteiger partial charge in [-0.25, -0.2) is 0 Å². The molecule has 28 nitrogen and oxygen atoms in total. The van der Waals surface area contributed by atoms with Crippen LogP contribution in [0.4, 0.5) is 0 Å². The number of aliphatic hydroxyl groups is 2. The van der Waals surface area contributed by atoms with Gasteiger partial charge < -0.3 is 96.6 Å². The zero-order chi connectivity index (χ0) is 123. The molecule has 0 fully saturated rings. The second-order valence-corrected chi connectivity index (χ2v) is 57.0. The molecule has 0 saturated carbocycles. The summed E-state index contributed by atoms with van der Waals surface area (Å²) in [5.74, 6) is -4.04. The van der Waals surface area contributed by atoms with E-state index in [1.165, 1.54) is 26.4 Å². The summed E-state index contributed by atoms with van der Waals surface area (Å²) in [5, 5.41) is 60.0. The molecular weight excluding hydrogens is 1840 g/mol. The largest absolute Gasteiger partial charge is 0.481 e. The van der Waals surface area contributed by atoms with E-state index >= 15 is 0 Å². The molecule has 0 aromatic rings. The highest BCUT2D eigenvalue weighted by molar-refractivity contribution is 5.89. The Morgan fingerprint density at radius 3 is 0.842 bits per heavy atom. The molecule has 13 unspecified atom stereocenters. The number of aliphatic hydroxyl groups excluding tert-OH is 2. The Morgan fingerprint density at radius 1 is 0.356 bits per heavy atom. The molecule has 0 rings (SSSR count).